The van der Waals surface area contributed by atoms with E-state index >= 15 is 0 Å². The van der Waals surface area contributed by atoms with Gasteiger partial charge in [-0.2, -0.15) is 0 Å². The predicted molar refractivity (Wildman–Crippen MR) is 62.5 cm³/mol. The van der Waals surface area contributed by atoms with Crippen molar-refractivity contribution in [3.8, 4) is 0 Å². The number of carbonyl (C=O) groups is 2. The molecule has 1 amide bonds. The van der Waals surface area contributed by atoms with Gasteiger partial charge in [-0.05, 0) is 6.92 Å². The second-order valence-electron chi connectivity index (χ2n) is 4.27. The van der Waals surface area contributed by atoms with Gasteiger partial charge in [-0.1, -0.05) is 6.58 Å². The lowest BCUT2D eigenvalue weighted by Crippen LogP contribution is -2.39. The number of fused-ring (bicyclic) bond motifs is 1. The van der Waals surface area contributed by atoms with Crippen LogP contribution in [-0.4, -0.2) is 32.7 Å². The van der Waals surface area contributed by atoms with Crippen LogP contribution in [0.4, 0.5) is 0 Å². The summed E-state index contributed by atoms with van der Waals surface area (Å²) in [7, 11) is 0. The Kier molecular flexibility index (Phi) is 2.83. The molecular weight excluding hydrogens is 218 g/mol. The number of nitrogens with zero attached hydrogens (tertiary/aromatic N) is 3. The molecule has 0 atom stereocenters. The molecule has 1 aromatic heterocycles. The number of hydrogen-bond donors (Lipinski definition) is 0. The van der Waals surface area contributed by atoms with E-state index in [0.717, 1.165) is 5.82 Å². The first-order valence-corrected chi connectivity index (χ1v) is 5.51. The van der Waals surface area contributed by atoms with Gasteiger partial charge in [0.1, 0.15) is 11.5 Å². The average Bonchev–Trinajstić information content (AvgIpc) is 2.70. The highest BCUT2D eigenvalue weighted by Crippen LogP contribution is 2.16. The normalized spacial score (nSPS) is 14.4. The summed E-state index contributed by atoms with van der Waals surface area (Å²) in [6.07, 6.45) is 1.58. The maximum atomic E-state index is 11.8. The number of carbonyl (C=O) groups excluding carboxylic acids is 2. The second kappa shape index (κ2) is 4.16. The van der Waals surface area contributed by atoms with E-state index in [9.17, 15) is 9.59 Å². The Labute approximate surface area is 99.7 Å². The quantitative estimate of drug-likeness (QED) is 0.565. The summed E-state index contributed by atoms with van der Waals surface area (Å²) in [5.74, 6) is 0.711. The van der Waals surface area contributed by atoms with Crippen LogP contribution in [0.2, 0.25) is 0 Å². The molecule has 0 aliphatic carbocycles. The topological polar surface area (TPSA) is 55.2 Å². The van der Waals surface area contributed by atoms with Crippen LogP contribution >= 0.6 is 0 Å². The van der Waals surface area contributed by atoms with Crippen LogP contribution in [0.1, 0.15) is 30.2 Å². The highest BCUT2D eigenvalue weighted by molar-refractivity contribution is 5.93. The Morgan fingerprint density at radius 1 is 1.35 bits per heavy atom. The molecule has 0 fully saturated rings. The lowest BCUT2D eigenvalue weighted by molar-refractivity contribution is -0.128. The largest absolute Gasteiger partial charge is 0.330 e. The zero-order chi connectivity index (χ0) is 12.6. The summed E-state index contributed by atoms with van der Waals surface area (Å²) < 4.78 is 1.88. The number of rotatable bonds is 2. The van der Waals surface area contributed by atoms with Gasteiger partial charge in [0.15, 0.2) is 5.78 Å². The number of Topliss-reactive ketones (excluding diaryl/α,β-unsaturated/α-hetero) is 1. The Balaban J connectivity index is 2.24. The average molecular weight is 233 g/mol. The summed E-state index contributed by atoms with van der Waals surface area (Å²) in [5, 5.41) is 0. The van der Waals surface area contributed by atoms with Crippen LogP contribution in [-0.2, 0) is 17.9 Å². The maximum Gasteiger partial charge on any atom is 0.249 e. The van der Waals surface area contributed by atoms with Gasteiger partial charge < -0.3 is 9.47 Å². The van der Waals surface area contributed by atoms with Gasteiger partial charge in [0.2, 0.25) is 5.91 Å². The van der Waals surface area contributed by atoms with Crippen molar-refractivity contribution in [2.75, 3.05) is 6.54 Å². The minimum Gasteiger partial charge on any atom is -0.330 e. The number of amides is 1. The molecule has 2 rings (SSSR count). The molecule has 5 heteroatoms. The molecule has 0 saturated carbocycles. The Hall–Kier alpha value is -1.91. The highest BCUT2D eigenvalue weighted by atomic mass is 16.2. The van der Waals surface area contributed by atoms with Crippen molar-refractivity contribution < 1.29 is 9.59 Å². The summed E-state index contributed by atoms with van der Waals surface area (Å²) in [6.45, 7) is 8.52. The van der Waals surface area contributed by atoms with E-state index in [1.54, 1.807) is 18.0 Å². The van der Waals surface area contributed by atoms with Gasteiger partial charge in [0.25, 0.3) is 0 Å². The molecule has 2 heterocycles. The number of hydrogen-bond acceptors (Lipinski definition) is 3. The van der Waals surface area contributed by atoms with Crippen molar-refractivity contribution in [2.45, 2.75) is 26.9 Å². The first-order chi connectivity index (χ1) is 8.00. The van der Waals surface area contributed by atoms with Crippen molar-refractivity contribution in [1.82, 2.24) is 14.5 Å². The molecule has 1 aliphatic heterocycles. The first-order valence-electron chi connectivity index (χ1n) is 5.51. The zero-order valence-electron chi connectivity index (χ0n) is 10.1. The third kappa shape index (κ3) is 2.00. The van der Waals surface area contributed by atoms with Crippen LogP contribution in [0.5, 0.6) is 0 Å². The Morgan fingerprint density at radius 3 is 2.65 bits per heavy atom. The van der Waals surface area contributed by atoms with E-state index in [2.05, 4.69) is 11.6 Å². The van der Waals surface area contributed by atoms with Gasteiger partial charge in [0, 0.05) is 25.6 Å². The minimum absolute atomic E-state index is 0.00317. The summed E-state index contributed by atoms with van der Waals surface area (Å²) >= 11 is 0. The molecule has 0 bridgehead atoms. The summed E-state index contributed by atoms with van der Waals surface area (Å²) in [4.78, 5) is 29.0. The van der Waals surface area contributed by atoms with Crippen LogP contribution in [0, 0.1) is 0 Å². The molecule has 0 radical (unpaired) electrons. The lowest BCUT2D eigenvalue weighted by Gasteiger charge is -2.28. The van der Waals surface area contributed by atoms with Gasteiger partial charge in [0.05, 0.1) is 12.7 Å². The van der Waals surface area contributed by atoms with Gasteiger partial charge in [-0.25, -0.2) is 4.98 Å². The van der Waals surface area contributed by atoms with E-state index < -0.39 is 0 Å². The molecule has 5 nitrogen and oxygen atoms in total. The Morgan fingerprint density at radius 2 is 2.06 bits per heavy atom. The molecule has 0 spiro atoms. The summed E-state index contributed by atoms with van der Waals surface area (Å²) in [6, 6.07) is 0. The molecular formula is C12H15N3O2. The molecule has 1 aromatic rings. The van der Waals surface area contributed by atoms with E-state index in [-0.39, 0.29) is 11.7 Å². The maximum absolute atomic E-state index is 11.8. The lowest BCUT2D eigenvalue weighted by atomic mass is 10.2. The fraction of sp³-hybridized carbons (Fsp3) is 0.417. The number of imidazole rings is 1. The zero-order valence-corrected chi connectivity index (χ0v) is 10.1. The van der Waals surface area contributed by atoms with E-state index in [4.69, 9.17) is 0 Å². The fourth-order valence-electron chi connectivity index (χ4n) is 1.98. The second-order valence-corrected chi connectivity index (χ2v) is 4.27. The van der Waals surface area contributed by atoms with E-state index in [1.165, 1.54) is 6.92 Å². The van der Waals surface area contributed by atoms with Crippen LogP contribution in [0.25, 0.3) is 0 Å². The third-order valence-electron chi connectivity index (χ3n) is 2.88. The van der Waals surface area contributed by atoms with Crippen molar-refractivity contribution in [1.29, 1.82) is 0 Å². The van der Waals surface area contributed by atoms with Gasteiger partial charge in [-0.15, -0.1) is 0 Å². The monoisotopic (exact) mass is 233 g/mol. The van der Waals surface area contributed by atoms with Gasteiger partial charge >= 0.3 is 0 Å². The number of aromatic nitrogens is 2. The van der Waals surface area contributed by atoms with Crippen LogP contribution < -0.4 is 0 Å². The van der Waals surface area contributed by atoms with Crippen molar-refractivity contribution >= 4 is 11.7 Å². The van der Waals surface area contributed by atoms with E-state index in [0.29, 0.717) is 30.9 Å². The van der Waals surface area contributed by atoms with Crippen molar-refractivity contribution in [3.05, 3.63) is 29.9 Å². The SMILES string of the molecule is C=C(C)C(=O)N1CCn2c(C(C)=O)cnc2C1. The molecule has 1 aliphatic rings. The molecule has 0 aromatic carbocycles. The summed E-state index contributed by atoms with van der Waals surface area (Å²) in [5.41, 5.74) is 1.14. The van der Waals surface area contributed by atoms with Crippen molar-refractivity contribution in [3.63, 3.8) is 0 Å². The molecule has 90 valence electrons. The smallest absolute Gasteiger partial charge is 0.249 e. The molecule has 17 heavy (non-hydrogen) atoms. The fourth-order valence-corrected chi connectivity index (χ4v) is 1.98. The minimum atomic E-state index is -0.0522. The van der Waals surface area contributed by atoms with Crippen molar-refractivity contribution in [2.24, 2.45) is 0 Å². The van der Waals surface area contributed by atoms with E-state index in [1.807, 2.05) is 4.57 Å². The van der Waals surface area contributed by atoms with Crippen LogP contribution in [0.15, 0.2) is 18.3 Å². The predicted octanol–water partition coefficient (Wildman–Crippen LogP) is 1.00. The Bertz CT molecular complexity index is 502. The molecule has 0 N–H and O–H groups in total. The number of ketones is 1. The highest BCUT2D eigenvalue weighted by Gasteiger charge is 2.24. The van der Waals surface area contributed by atoms with Gasteiger partial charge in [-0.3, -0.25) is 9.59 Å². The molecule has 0 unspecified atom stereocenters. The van der Waals surface area contributed by atoms with Crippen LogP contribution in [0.3, 0.4) is 0 Å². The standard InChI is InChI=1S/C12H15N3O2/c1-8(2)12(17)14-4-5-15-10(9(3)16)6-13-11(15)7-14/h6H,1,4-5,7H2,2-3H3. The first kappa shape index (κ1) is 11.6. The third-order valence-corrected chi connectivity index (χ3v) is 2.88. The molecule has 0 saturated heterocycles.